The minimum absolute atomic E-state index is 0.159. The van der Waals surface area contributed by atoms with Gasteiger partial charge < -0.3 is 9.09 Å². The predicted octanol–water partition coefficient (Wildman–Crippen LogP) is 4.29. The van der Waals surface area contributed by atoms with Crippen LogP contribution in [0.1, 0.15) is 29.6 Å². The first kappa shape index (κ1) is 13.9. The topological polar surface area (TPSA) is 43.9 Å². The van der Waals surface area contributed by atoms with E-state index in [9.17, 15) is 0 Å². The zero-order valence-corrected chi connectivity index (χ0v) is 14.0. The van der Waals surface area contributed by atoms with Gasteiger partial charge in [0.15, 0.2) is 0 Å². The van der Waals surface area contributed by atoms with Crippen LogP contribution >= 0.6 is 34.2 Å². The van der Waals surface area contributed by atoms with Crippen LogP contribution < -0.4 is 0 Å². The highest BCUT2D eigenvalue weighted by Gasteiger charge is 2.16. The van der Waals surface area contributed by atoms with E-state index in [1.54, 1.807) is 0 Å². The second kappa shape index (κ2) is 5.37. The Hall–Kier alpha value is -1.08. The summed E-state index contributed by atoms with van der Waals surface area (Å²) in [6.07, 6.45) is 0. The summed E-state index contributed by atoms with van der Waals surface area (Å²) in [6.45, 7) is 4.43. The molecule has 0 spiro atoms. The van der Waals surface area contributed by atoms with Crippen LogP contribution in [0.4, 0.5) is 0 Å². The van der Waals surface area contributed by atoms with Gasteiger partial charge in [-0.15, -0.1) is 11.6 Å². The van der Waals surface area contributed by atoms with E-state index in [4.69, 9.17) is 16.1 Å². The molecule has 2 heterocycles. The Morgan fingerprint density at radius 1 is 1.40 bits per heavy atom. The van der Waals surface area contributed by atoms with Gasteiger partial charge in [0.2, 0.25) is 0 Å². The second-order valence-electron chi connectivity index (χ2n) is 4.73. The van der Waals surface area contributed by atoms with Crippen molar-refractivity contribution in [2.75, 3.05) is 0 Å². The minimum Gasteiger partial charge on any atom is -0.361 e. The van der Waals surface area contributed by atoms with Gasteiger partial charge in [-0.25, -0.2) is 4.98 Å². The van der Waals surface area contributed by atoms with E-state index in [0.717, 1.165) is 31.9 Å². The number of benzene rings is 1. The van der Waals surface area contributed by atoms with Crippen LogP contribution in [-0.2, 0) is 6.54 Å². The van der Waals surface area contributed by atoms with Crippen LogP contribution in [0.15, 0.2) is 28.8 Å². The molecule has 2 aromatic heterocycles. The molecule has 0 aliphatic carbocycles. The molecule has 3 rings (SSSR count). The van der Waals surface area contributed by atoms with E-state index >= 15 is 0 Å². The summed E-state index contributed by atoms with van der Waals surface area (Å²) < 4.78 is 8.38. The van der Waals surface area contributed by atoms with E-state index in [1.165, 1.54) is 0 Å². The van der Waals surface area contributed by atoms with Gasteiger partial charge in [0.25, 0.3) is 0 Å². The minimum atomic E-state index is -0.159. The van der Waals surface area contributed by atoms with Crippen molar-refractivity contribution in [3.8, 4) is 0 Å². The first-order valence-corrected chi connectivity index (χ1v) is 7.78. The highest BCUT2D eigenvalue weighted by molar-refractivity contribution is 14.1. The fourth-order valence-electron chi connectivity index (χ4n) is 2.25. The van der Waals surface area contributed by atoms with E-state index in [1.807, 2.05) is 19.9 Å². The van der Waals surface area contributed by atoms with Crippen LogP contribution in [0.3, 0.4) is 0 Å². The molecule has 0 amide bonds. The van der Waals surface area contributed by atoms with Crippen molar-refractivity contribution in [1.82, 2.24) is 14.7 Å². The quantitative estimate of drug-likeness (QED) is 0.486. The summed E-state index contributed by atoms with van der Waals surface area (Å²) in [7, 11) is 0. The molecule has 0 saturated carbocycles. The molecule has 0 bridgehead atoms. The zero-order chi connectivity index (χ0) is 14.3. The Labute approximate surface area is 135 Å². The summed E-state index contributed by atoms with van der Waals surface area (Å²) in [5.41, 5.74) is 2.90. The van der Waals surface area contributed by atoms with Crippen LogP contribution in [0.25, 0.3) is 11.0 Å². The van der Waals surface area contributed by atoms with Crippen molar-refractivity contribution in [3.05, 3.63) is 45.1 Å². The smallest absolute Gasteiger partial charge is 0.133 e. The fraction of sp³-hybridized carbons (Fsp3) is 0.286. The van der Waals surface area contributed by atoms with E-state index in [0.29, 0.717) is 6.54 Å². The Balaban J connectivity index is 2.13. The number of alkyl halides is 1. The normalized spacial score (nSPS) is 13.0. The molecule has 6 heteroatoms. The maximum absolute atomic E-state index is 6.26. The number of aryl methyl sites for hydroxylation is 1. The lowest BCUT2D eigenvalue weighted by Gasteiger charge is -2.08. The number of aromatic nitrogens is 3. The van der Waals surface area contributed by atoms with Gasteiger partial charge in [0.1, 0.15) is 17.3 Å². The van der Waals surface area contributed by atoms with Gasteiger partial charge in [-0.3, -0.25) is 0 Å². The highest BCUT2D eigenvalue weighted by Crippen LogP contribution is 2.26. The van der Waals surface area contributed by atoms with Crippen LogP contribution in [0.2, 0.25) is 0 Å². The van der Waals surface area contributed by atoms with Crippen molar-refractivity contribution in [3.63, 3.8) is 0 Å². The Morgan fingerprint density at radius 2 is 2.20 bits per heavy atom. The number of halogens is 2. The highest BCUT2D eigenvalue weighted by atomic mass is 127. The summed E-state index contributed by atoms with van der Waals surface area (Å²) in [6, 6.07) is 8.13. The number of fused-ring (bicyclic) bond motifs is 1. The summed E-state index contributed by atoms with van der Waals surface area (Å²) in [5, 5.41) is 3.89. The largest absolute Gasteiger partial charge is 0.361 e. The molecular weight excluding hydrogens is 389 g/mol. The summed E-state index contributed by atoms with van der Waals surface area (Å²) in [5.74, 6) is 1.66. The average Bonchev–Trinajstić information content (AvgIpc) is 2.94. The lowest BCUT2D eigenvalue weighted by atomic mass is 10.3. The second-order valence-corrected chi connectivity index (χ2v) is 6.63. The number of nitrogens with zero attached hydrogens (tertiary/aromatic N) is 3. The molecule has 4 nitrogen and oxygen atoms in total. The molecule has 0 aliphatic rings. The van der Waals surface area contributed by atoms with Gasteiger partial charge in [-0.1, -0.05) is 5.16 Å². The molecule has 0 aliphatic heterocycles. The third kappa shape index (κ3) is 2.56. The van der Waals surface area contributed by atoms with Crippen molar-refractivity contribution >= 4 is 45.2 Å². The Morgan fingerprint density at radius 3 is 2.85 bits per heavy atom. The van der Waals surface area contributed by atoms with Crippen LogP contribution in [-0.4, -0.2) is 14.7 Å². The first-order chi connectivity index (χ1) is 9.54. The lowest BCUT2D eigenvalue weighted by molar-refractivity contribution is 0.389. The monoisotopic (exact) mass is 401 g/mol. The molecular formula is C14H13ClIN3O. The molecule has 1 unspecified atom stereocenters. The molecule has 0 saturated heterocycles. The van der Waals surface area contributed by atoms with E-state index < -0.39 is 0 Å². The molecule has 0 radical (unpaired) electrons. The maximum Gasteiger partial charge on any atom is 0.133 e. The molecule has 0 N–H and O–H groups in total. The van der Waals surface area contributed by atoms with Crippen molar-refractivity contribution in [2.45, 2.75) is 25.8 Å². The predicted molar refractivity (Wildman–Crippen MR) is 87.1 cm³/mol. The number of hydrogen-bond acceptors (Lipinski definition) is 3. The Kier molecular flexibility index (Phi) is 3.72. The van der Waals surface area contributed by atoms with Crippen LogP contribution in [0, 0.1) is 10.5 Å². The van der Waals surface area contributed by atoms with Crippen LogP contribution in [0.5, 0.6) is 0 Å². The van der Waals surface area contributed by atoms with Crippen molar-refractivity contribution in [2.24, 2.45) is 0 Å². The number of hydrogen-bond donors (Lipinski definition) is 0. The van der Waals surface area contributed by atoms with Gasteiger partial charge in [0.05, 0.1) is 23.0 Å². The van der Waals surface area contributed by atoms with Gasteiger partial charge in [-0.05, 0) is 54.6 Å². The molecule has 1 atom stereocenters. The lowest BCUT2D eigenvalue weighted by Crippen LogP contribution is -2.06. The third-order valence-corrected chi connectivity index (χ3v) is 3.96. The first-order valence-electron chi connectivity index (χ1n) is 6.26. The van der Waals surface area contributed by atoms with E-state index in [-0.39, 0.29) is 5.38 Å². The number of imidazole rings is 1. The van der Waals surface area contributed by atoms with Gasteiger partial charge in [0, 0.05) is 9.64 Å². The molecule has 0 fully saturated rings. The molecule has 1 aromatic carbocycles. The standard InChI is InChI=1S/C14H13ClIN3O/c1-8-5-11(18-20-8)7-19-13-4-3-10(16)6-12(13)17-14(19)9(2)15/h3-6,9H,7H2,1-2H3. The summed E-state index contributed by atoms with van der Waals surface area (Å²) >= 11 is 8.55. The fourth-order valence-corrected chi connectivity index (χ4v) is 2.89. The number of rotatable bonds is 3. The van der Waals surface area contributed by atoms with Gasteiger partial charge >= 0.3 is 0 Å². The summed E-state index contributed by atoms with van der Waals surface area (Å²) in [4.78, 5) is 4.64. The van der Waals surface area contributed by atoms with Crippen molar-refractivity contribution < 1.29 is 4.52 Å². The molecule has 104 valence electrons. The maximum atomic E-state index is 6.26. The Bertz CT molecular complexity index is 763. The third-order valence-electron chi connectivity index (χ3n) is 3.09. The average molecular weight is 402 g/mol. The van der Waals surface area contributed by atoms with Crippen molar-refractivity contribution in [1.29, 1.82) is 0 Å². The molecule has 3 aromatic rings. The molecule has 20 heavy (non-hydrogen) atoms. The SMILES string of the molecule is Cc1cc(Cn2c(C(C)Cl)nc3cc(I)ccc32)no1. The van der Waals surface area contributed by atoms with E-state index in [2.05, 4.69) is 55.5 Å². The zero-order valence-electron chi connectivity index (χ0n) is 11.1. The van der Waals surface area contributed by atoms with Gasteiger partial charge in [-0.2, -0.15) is 0 Å².